The summed E-state index contributed by atoms with van der Waals surface area (Å²) in [5, 5.41) is 12.9. The monoisotopic (exact) mass is 742 g/mol. The standard InChI is InChI=1S/C34H38ClF3N10O4/c1-45-27(25-20-48(44-29(25)34(36,37)38)28-6-4-23(18-41-28)40-11-16-52-2)19-42-30(45)31(49)43-22-3-5-24(26(35)17-22)33(51)47-14-12-46(13-15-47)32(50)21-7-9-39-10-8-21/h3-6,17-21,39-40H,7-16H2,1-2H3,(H,43,49). The Kier molecular flexibility index (Phi) is 11.1. The number of anilines is 2. The van der Waals surface area contributed by atoms with E-state index in [1.807, 2.05) is 4.90 Å². The molecule has 3 amide bonds. The second kappa shape index (κ2) is 15.7. The molecule has 4 aromatic rings. The minimum absolute atomic E-state index is 0.00176. The first-order valence-electron chi connectivity index (χ1n) is 16.7. The molecule has 18 heteroatoms. The molecule has 3 N–H and O–H groups in total. The van der Waals surface area contributed by atoms with Gasteiger partial charge in [-0.3, -0.25) is 14.4 Å². The Balaban J connectivity index is 1.12. The molecule has 6 rings (SSSR count). The number of piperidine rings is 1. The molecule has 0 spiro atoms. The van der Waals surface area contributed by atoms with Gasteiger partial charge in [0.1, 0.15) is 0 Å². The van der Waals surface area contributed by atoms with Gasteiger partial charge in [0.05, 0.1) is 46.5 Å². The van der Waals surface area contributed by atoms with Crippen molar-refractivity contribution in [2.45, 2.75) is 19.0 Å². The molecule has 2 fully saturated rings. The summed E-state index contributed by atoms with van der Waals surface area (Å²) in [6.45, 7) is 4.26. The van der Waals surface area contributed by atoms with E-state index >= 15 is 0 Å². The zero-order valence-electron chi connectivity index (χ0n) is 28.5. The zero-order valence-corrected chi connectivity index (χ0v) is 29.3. The molecule has 3 aromatic heterocycles. The summed E-state index contributed by atoms with van der Waals surface area (Å²) in [4.78, 5) is 51.3. The number of methoxy groups -OCH3 is 1. The molecule has 14 nitrogen and oxygen atoms in total. The van der Waals surface area contributed by atoms with Crippen molar-refractivity contribution in [3.8, 4) is 17.1 Å². The molecule has 52 heavy (non-hydrogen) atoms. The van der Waals surface area contributed by atoms with Crippen LogP contribution in [0.1, 0.15) is 39.5 Å². The molecular formula is C34H38ClF3N10O4. The fourth-order valence-electron chi connectivity index (χ4n) is 6.26. The minimum Gasteiger partial charge on any atom is -0.383 e. The van der Waals surface area contributed by atoms with Crippen LogP contribution < -0.4 is 16.0 Å². The first kappa shape index (κ1) is 36.8. The molecule has 0 saturated carbocycles. The van der Waals surface area contributed by atoms with Crippen LogP contribution >= 0.6 is 11.6 Å². The fourth-order valence-corrected chi connectivity index (χ4v) is 6.52. The van der Waals surface area contributed by atoms with E-state index < -0.39 is 17.8 Å². The summed E-state index contributed by atoms with van der Waals surface area (Å²) in [7, 11) is 2.99. The van der Waals surface area contributed by atoms with E-state index in [0.29, 0.717) is 45.0 Å². The Morgan fingerprint density at radius 1 is 1.00 bits per heavy atom. The molecule has 0 unspecified atom stereocenters. The summed E-state index contributed by atoms with van der Waals surface area (Å²) in [5.41, 5.74) is -0.326. The van der Waals surface area contributed by atoms with Crippen LogP contribution in [0, 0.1) is 5.92 Å². The first-order valence-corrected chi connectivity index (χ1v) is 17.1. The van der Waals surface area contributed by atoms with Crippen molar-refractivity contribution in [2.75, 3.05) is 70.2 Å². The van der Waals surface area contributed by atoms with E-state index in [9.17, 15) is 27.6 Å². The van der Waals surface area contributed by atoms with Crippen LogP contribution in [0.4, 0.5) is 24.5 Å². The van der Waals surface area contributed by atoms with Gasteiger partial charge in [0, 0.05) is 64.7 Å². The lowest BCUT2D eigenvalue weighted by Crippen LogP contribution is -2.52. The van der Waals surface area contributed by atoms with E-state index in [0.717, 1.165) is 36.8 Å². The van der Waals surface area contributed by atoms with Crippen molar-refractivity contribution in [3.05, 3.63) is 71.0 Å². The number of alkyl halides is 3. The number of rotatable bonds is 10. The highest BCUT2D eigenvalue weighted by Gasteiger charge is 2.39. The van der Waals surface area contributed by atoms with Crippen LogP contribution in [0.25, 0.3) is 17.1 Å². The highest BCUT2D eigenvalue weighted by molar-refractivity contribution is 6.34. The Bertz CT molecular complexity index is 1920. The van der Waals surface area contributed by atoms with E-state index in [4.69, 9.17) is 16.3 Å². The van der Waals surface area contributed by atoms with Gasteiger partial charge in [0.15, 0.2) is 17.3 Å². The highest BCUT2D eigenvalue weighted by Crippen LogP contribution is 2.37. The summed E-state index contributed by atoms with van der Waals surface area (Å²) >= 11 is 6.50. The number of nitrogens with zero attached hydrogens (tertiary/aromatic N) is 7. The first-order chi connectivity index (χ1) is 24.9. The fraction of sp³-hybridized carbons (Fsp3) is 0.412. The number of carbonyl (C=O) groups excluding carboxylic acids is 3. The molecule has 1 aromatic carbocycles. The molecule has 276 valence electrons. The number of pyridine rings is 1. The molecule has 0 atom stereocenters. The van der Waals surface area contributed by atoms with Gasteiger partial charge in [0.25, 0.3) is 11.8 Å². The number of benzene rings is 1. The largest absolute Gasteiger partial charge is 0.435 e. The molecule has 2 aliphatic rings. The number of hydrogen-bond acceptors (Lipinski definition) is 9. The van der Waals surface area contributed by atoms with Gasteiger partial charge in [-0.1, -0.05) is 11.6 Å². The highest BCUT2D eigenvalue weighted by atomic mass is 35.5. The van der Waals surface area contributed by atoms with E-state index in [1.54, 1.807) is 18.1 Å². The van der Waals surface area contributed by atoms with E-state index in [-0.39, 0.29) is 56.9 Å². The normalized spacial score (nSPS) is 15.5. The third-order valence-corrected chi connectivity index (χ3v) is 9.40. The third kappa shape index (κ3) is 8.05. The predicted molar refractivity (Wildman–Crippen MR) is 186 cm³/mol. The maximum absolute atomic E-state index is 14.2. The maximum Gasteiger partial charge on any atom is 0.435 e. The van der Waals surface area contributed by atoms with Crippen molar-refractivity contribution < 1.29 is 32.3 Å². The van der Waals surface area contributed by atoms with Crippen LogP contribution in [0.5, 0.6) is 0 Å². The Labute approximate surface area is 302 Å². The number of imidazole rings is 1. The third-order valence-electron chi connectivity index (χ3n) is 9.09. The molecule has 0 aliphatic carbocycles. The van der Waals surface area contributed by atoms with Crippen LogP contribution in [0.3, 0.4) is 0 Å². The van der Waals surface area contributed by atoms with Crippen molar-refractivity contribution in [1.29, 1.82) is 0 Å². The molecule has 2 aliphatic heterocycles. The maximum atomic E-state index is 14.2. The number of nitrogens with one attached hydrogen (secondary N) is 3. The zero-order chi connectivity index (χ0) is 37.0. The van der Waals surface area contributed by atoms with Gasteiger partial charge >= 0.3 is 6.18 Å². The quantitative estimate of drug-likeness (QED) is 0.205. The van der Waals surface area contributed by atoms with Crippen LogP contribution in [-0.2, 0) is 22.8 Å². The van der Waals surface area contributed by atoms with Gasteiger partial charge in [-0.15, -0.1) is 0 Å². The SMILES string of the molecule is COCCNc1ccc(-n2cc(-c3cnc(C(=O)Nc4ccc(C(=O)N5CCN(C(=O)C6CCNCC6)CC5)c(Cl)c4)n3C)c(C(F)(F)F)n2)nc1. The molecule has 5 heterocycles. The van der Waals surface area contributed by atoms with Crippen molar-refractivity contribution in [1.82, 2.24) is 39.4 Å². The van der Waals surface area contributed by atoms with Gasteiger partial charge in [0.2, 0.25) is 5.91 Å². The van der Waals surface area contributed by atoms with Crippen LogP contribution in [0.15, 0.2) is 48.9 Å². The number of ether oxygens (including phenoxy) is 1. The number of piperazine rings is 1. The van der Waals surface area contributed by atoms with Crippen LogP contribution in [0.2, 0.25) is 5.02 Å². The molecule has 2 saturated heterocycles. The lowest BCUT2D eigenvalue weighted by Gasteiger charge is -2.37. The molecule has 0 bridgehead atoms. The lowest BCUT2D eigenvalue weighted by atomic mass is 9.96. The topological polar surface area (TPSA) is 152 Å². The Hall–Kier alpha value is -5.00. The predicted octanol–water partition coefficient (Wildman–Crippen LogP) is 3.93. The van der Waals surface area contributed by atoms with E-state index in [2.05, 4.69) is 31.0 Å². The van der Waals surface area contributed by atoms with Gasteiger partial charge in [-0.2, -0.15) is 18.3 Å². The van der Waals surface area contributed by atoms with Gasteiger partial charge in [-0.25, -0.2) is 14.6 Å². The van der Waals surface area contributed by atoms with Gasteiger partial charge in [-0.05, 0) is 56.3 Å². The Morgan fingerprint density at radius 3 is 2.37 bits per heavy atom. The average molecular weight is 743 g/mol. The minimum atomic E-state index is -4.82. The number of halogens is 4. The molecular weight excluding hydrogens is 705 g/mol. The van der Waals surface area contributed by atoms with Gasteiger partial charge < -0.3 is 35.1 Å². The summed E-state index contributed by atoms with van der Waals surface area (Å²) in [6, 6.07) is 7.61. The van der Waals surface area contributed by atoms with Crippen LogP contribution in [-0.4, -0.2) is 111 Å². The van der Waals surface area contributed by atoms with E-state index in [1.165, 1.54) is 48.3 Å². The smallest absolute Gasteiger partial charge is 0.383 e. The number of carbonyl (C=O) groups is 3. The second-order valence-electron chi connectivity index (χ2n) is 12.5. The Morgan fingerprint density at radius 2 is 1.71 bits per heavy atom. The lowest BCUT2D eigenvalue weighted by molar-refractivity contribution is -0.141. The average Bonchev–Trinajstić information content (AvgIpc) is 3.76. The summed E-state index contributed by atoms with van der Waals surface area (Å²) in [6.07, 6.45) is 0.625. The summed E-state index contributed by atoms with van der Waals surface area (Å²) < 4.78 is 49.7. The summed E-state index contributed by atoms with van der Waals surface area (Å²) in [5.74, 6) is -0.885. The van der Waals surface area contributed by atoms with Crippen molar-refractivity contribution >= 4 is 40.7 Å². The number of aromatic nitrogens is 5. The molecule has 0 radical (unpaired) electrons. The number of amides is 3. The van der Waals surface area contributed by atoms with Crippen molar-refractivity contribution in [3.63, 3.8) is 0 Å². The number of hydrogen-bond donors (Lipinski definition) is 3. The van der Waals surface area contributed by atoms with Crippen molar-refractivity contribution in [2.24, 2.45) is 13.0 Å². The second-order valence-corrected chi connectivity index (χ2v) is 12.9.